The van der Waals surface area contributed by atoms with Crippen molar-refractivity contribution in [1.82, 2.24) is 9.47 Å². The van der Waals surface area contributed by atoms with E-state index in [1.165, 1.54) is 23.5 Å². The summed E-state index contributed by atoms with van der Waals surface area (Å²) in [6.45, 7) is 6.98. The van der Waals surface area contributed by atoms with Gasteiger partial charge in [0.1, 0.15) is 12.4 Å². The molecule has 5 rings (SSSR count). The zero-order valence-corrected chi connectivity index (χ0v) is 25.8. The van der Waals surface area contributed by atoms with Gasteiger partial charge in [-0.15, -0.1) is 0 Å². The lowest BCUT2D eigenvalue weighted by Crippen LogP contribution is -2.43. The number of benzene rings is 3. The number of ether oxygens (including phenoxy) is 2. The molecule has 1 atom stereocenters. The normalized spacial score (nSPS) is 14.7. The number of hydrogen-bond donors (Lipinski definition) is 0. The van der Waals surface area contributed by atoms with E-state index in [1.807, 2.05) is 39.0 Å². The number of allylic oxidation sites excluding steroid dienone is 1. The number of fused-ring (bicyclic) bond motifs is 1. The topological polar surface area (TPSA) is 73.1 Å². The molecule has 0 saturated heterocycles. The summed E-state index contributed by atoms with van der Waals surface area (Å²) in [6.07, 6.45) is 1.78. The van der Waals surface area contributed by atoms with Crippen LogP contribution in [-0.2, 0) is 11.4 Å². The number of nitrogens with zero attached hydrogens (tertiary/aromatic N) is 3. The van der Waals surface area contributed by atoms with E-state index in [-0.39, 0.29) is 23.9 Å². The highest BCUT2D eigenvalue weighted by Gasteiger charge is 2.34. The second-order valence-electron chi connectivity index (χ2n) is 9.94. The number of hydrogen-bond acceptors (Lipinski definition) is 6. The van der Waals surface area contributed by atoms with E-state index in [2.05, 4.69) is 0 Å². The van der Waals surface area contributed by atoms with Gasteiger partial charge in [0.2, 0.25) is 0 Å². The lowest BCUT2D eigenvalue weighted by atomic mass is 9.94. The molecule has 0 fully saturated rings. The van der Waals surface area contributed by atoms with Crippen LogP contribution in [0.5, 0.6) is 11.5 Å². The molecule has 43 heavy (non-hydrogen) atoms. The molecule has 0 bridgehead atoms. The minimum absolute atomic E-state index is 0.151. The Morgan fingerprint density at radius 2 is 1.77 bits per heavy atom. The standard InChI is InChI=1S/C33H31ClFN3O4S/c1-5-37(6-2)32(40)29-20(3)36-33-38(30(29)23-10-12-24(34)13-11-23)31(39)28(43-33)18-22-9-16-26(27(17-22)41-4)42-19-21-7-14-25(35)15-8-21/h7-18,30H,5-6,19H2,1-4H3/b28-18+/t30-/m1/s1. The number of halogens is 2. The molecule has 7 nitrogen and oxygen atoms in total. The maximum atomic E-state index is 14.0. The summed E-state index contributed by atoms with van der Waals surface area (Å²) in [5.41, 5.74) is 3.11. The molecule has 0 saturated carbocycles. The SMILES string of the molecule is CCN(CC)C(=O)C1=C(C)N=c2s/c(=C/c3ccc(OCc4ccc(F)cc4)c(OC)c3)c(=O)n2[C@@H]1c1ccc(Cl)cc1. The summed E-state index contributed by atoms with van der Waals surface area (Å²) >= 11 is 7.44. The van der Waals surface area contributed by atoms with Gasteiger partial charge in [-0.1, -0.05) is 53.3 Å². The van der Waals surface area contributed by atoms with Crippen molar-refractivity contribution in [1.29, 1.82) is 0 Å². The Morgan fingerprint density at radius 3 is 2.42 bits per heavy atom. The molecule has 0 aliphatic carbocycles. The molecule has 0 N–H and O–H groups in total. The molecule has 2 heterocycles. The number of thiazole rings is 1. The molecule has 0 unspecified atom stereocenters. The number of amides is 1. The number of rotatable bonds is 9. The van der Waals surface area contributed by atoms with Crippen LogP contribution >= 0.6 is 22.9 Å². The van der Waals surface area contributed by atoms with Gasteiger partial charge in [0.15, 0.2) is 16.3 Å². The molecular weight excluding hydrogens is 589 g/mol. The zero-order chi connectivity index (χ0) is 30.7. The lowest BCUT2D eigenvalue weighted by Gasteiger charge is -2.29. The van der Waals surface area contributed by atoms with E-state index >= 15 is 0 Å². The first-order valence-electron chi connectivity index (χ1n) is 13.9. The fourth-order valence-corrected chi connectivity index (χ4v) is 6.20. The first kappa shape index (κ1) is 30.3. The second kappa shape index (κ2) is 13.0. The van der Waals surface area contributed by atoms with Gasteiger partial charge in [-0.3, -0.25) is 14.2 Å². The lowest BCUT2D eigenvalue weighted by molar-refractivity contribution is -0.127. The number of aromatic nitrogens is 1. The van der Waals surface area contributed by atoms with E-state index in [9.17, 15) is 14.0 Å². The first-order chi connectivity index (χ1) is 20.7. The van der Waals surface area contributed by atoms with Gasteiger partial charge < -0.3 is 14.4 Å². The van der Waals surface area contributed by atoms with Crippen LogP contribution in [0.1, 0.15) is 43.5 Å². The van der Waals surface area contributed by atoms with E-state index in [0.29, 0.717) is 50.2 Å². The Bertz CT molecular complexity index is 1860. The summed E-state index contributed by atoms with van der Waals surface area (Å²) < 4.78 is 26.8. The van der Waals surface area contributed by atoms with Crippen molar-refractivity contribution in [3.63, 3.8) is 0 Å². The number of carbonyl (C=O) groups is 1. The van der Waals surface area contributed by atoms with Gasteiger partial charge in [-0.25, -0.2) is 9.38 Å². The summed E-state index contributed by atoms with van der Waals surface area (Å²) in [4.78, 5) is 34.7. The third kappa shape index (κ3) is 6.28. The monoisotopic (exact) mass is 619 g/mol. The molecule has 1 aliphatic rings. The third-order valence-electron chi connectivity index (χ3n) is 7.28. The van der Waals surface area contributed by atoms with Crippen molar-refractivity contribution in [2.24, 2.45) is 4.99 Å². The van der Waals surface area contributed by atoms with Crippen LogP contribution in [0.2, 0.25) is 5.02 Å². The largest absolute Gasteiger partial charge is 0.493 e. The number of likely N-dealkylation sites (N-methyl/N-ethyl adjacent to an activating group) is 1. The molecular formula is C33H31ClFN3O4S. The van der Waals surface area contributed by atoms with Crippen LogP contribution in [-0.4, -0.2) is 35.6 Å². The fourth-order valence-electron chi connectivity index (χ4n) is 5.02. The minimum atomic E-state index is -0.652. The van der Waals surface area contributed by atoms with E-state index in [4.69, 9.17) is 26.1 Å². The van der Waals surface area contributed by atoms with Gasteiger partial charge in [0.25, 0.3) is 11.5 Å². The van der Waals surface area contributed by atoms with E-state index < -0.39 is 6.04 Å². The van der Waals surface area contributed by atoms with Crippen molar-refractivity contribution >= 4 is 34.9 Å². The number of carbonyl (C=O) groups excluding carboxylic acids is 1. The van der Waals surface area contributed by atoms with Crippen LogP contribution in [0, 0.1) is 5.82 Å². The average Bonchev–Trinajstić information content (AvgIpc) is 3.31. The Balaban J connectivity index is 1.55. The average molecular weight is 620 g/mol. The Kier molecular flexibility index (Phi) is 9.13. The smallest absolute Gasteiger partial charge is 0.271 e. The van der Waals surface area contributed by atoms with Gasteiger partial charge in [-0.2, -0.15) is 0 Å². The van der Waals surface area contributed by atoms with Crippen molar-refractivity contribution < 1.29 is 18.7 Å². The van der Waals surface area contributed by atoms with Crippen LogP contribution in [0.25, 0.3) is 6.08 Å². The molecule has 222 valence electrons. The van der Waals surface area contributed by atoms with Gasteiger partial charge in [0, 0.05) is 18.1 Å². The molecule has 10 heteroatoms. The van der Waals surface area contributed by atoms with Crippen LogP contribution in [0.4, 0.5) is 4.39 Å². The Morgan fingerprint density at radius 1 is 1.07 bits per heavy atom. The molecule has 1 aliphatic heterocycles. The highest BCUT2D eigenvalue weighted by atomic mass is 35.5. The van der Waals surface area contributed by atoms with Gasteiger partial charge in [-0.05, 0) is 79.9 Å². The molecule has 0 spiro atoms. The number of methoxy groups -OCH3 is 1. The zero-order valence-electron chi connectivity index (χ0n) is 24.3. The third-order valence-corrected chi connectivity index (χ3v) is 8.52. The van der Waals surface area contributed by atoms with Crippen molar-refractivity contribution in [3.05, 3.63) is 125 Å². The maximum Gasteiger partial charge on any atom is 0.271 e. The van der Waals surface area contributed by atoms with Gasteiger partial charge >= 0.3 is 0 Å². The first-order valence-corrected chi connectivity index (χ1v) is 15.1. The van der Waals surface area contributed by atoms with Crippen molar-refractivity contribution in [3.8, 4) is 11.5 Å². The van der Waals surface area contributed by atoms with E-state index in [1.54, 1.807) is 59.1 Å². The molecule has 0 radical (unpaired) electrons. The minimum Gasteiger partial charge on any atom is -0.493 e. The van der Waals surface area contributed by atoms with Crippen molar-refractivity contribution in [2.75, 3.05) is 20.2 Å². The Hall–Kier alpha value is -4.21. The summed E-state index contributed by atoms with van der Waals surface area (Å²) in [5.74, 6) is 0.549. The molecule has 4 aromatic rings. The van der Waals surface area contributed by atoms with Crippen molar-refractivity contribution in [2.45, 2.75) is 33.4 Å². The quantitative estimate of drug-likeness (QED) is 0.249. The highest BCUT2D eigenvalue weighted by molar-refractivity contribution is 7.07. The highest BCUT2D eigenvalue weighted by Crippen LogP contribution is 2.32. The molecule has 1 amide bonds. The summed E-state index contributed by atoms with van der Waals surface area (Å²) in [7, 11) is 1.54. The summed E-state index contributed by atoms with van der Waals surface area (Å²) in [6, 6.07) is 18.0. The Labute approximate surface area is 257 Å². The maximum absolute atomic E-state index is 14.0. The van der Waals surface area contributed by atoms with Crippen LogP contribution < -0.4 is 24.4 Å². The van der Waals surface area contributed by atoms with E-state index in [0.717, 1.165) is 16.7 Å². The molecule has 3 aromatic carbocycles. The summed E-state index contributed by atoms with van der Waals surface area (Å²) in [5, 5.41) is 0.563. The predicted octanol–water partition coefficient (Wildman–Crippen LogP) is 5.48. The second-order valence-corrected chi connectivity index (χ2v) is 11.4. The van der Waals surface area contributed by atoms with Crippen LogP contribution in [0.15, 0.2) is 87.8 Å². The molecule has 1 aromatic heterocycles. The van der Waals surface area contributed by atoms with Crippen LogP contribution in [0.3, 0.4) is 0 Å². The predicted molar refractivity (Wildman–Crippen MR) is 167 cm³/mol. The van der Waals surface area contributed by atoms with Gasteiger partial charge in [0.05, 0.1) is 29.0 Å². The fraction of sp³-hybridized carbons (Fsp3) is 0.242.